The molecule has 0 aliphatic heterocycles. The molecular weight excluding hydrogens is 338 g/mol. The molecule has 0 atom stereocenters. The normalized spacial score (nSPS) is 10.6. The number of aromatic nitrogens is 1. The Morgan fingerprint density at radius 3 is 2.68 bits per heavy atom. The van der Waals surface area contributed by atoms with Crippen LogP contribution in [0.5, 0.6) is 5.75 Å². The number of aromatic hydroxyl groups is 1. The zero-order valence-corrected chi connectivity index (χ0v) is 14.6. The van der Waals surface area contributed by atoms with E-state index in [0.29, 0.717) is 10.8 Å². The number of benzene rings is 2. The number of nitrogens with one attached hydrogen (secondary N) is 2. The van der Waals surface area contributed by atoms with Gasteiger partial charge in [-0.1, -0.05) is 24.3 Å². The Morgan fingerprint density at radius 2 is 1.96 bits per heavy atom. The Balaban J connectivity index is 1.85. The lowest BCUT2D eigenvalue weighted by molar-refractivity contribution is -0.114. The first-order valence-corrected chi connectivity index (χ1v) is 8.59. The summed E-state index contributed by atoms with van der Waals surface area (Å²) >= 11 is 1.30. The van der Waals surface area contributed by atoms with Gasteiger partial charge >= 0.3 is 0 Å². The number of fused-ring (bicyclic) bond motifs is 1. The van der Waals surface area contributed by atoms with Gasteiger partial charge < -0.3 is 10.4 Å². The summed E-state index contributed by atoms with van der Waals surface area (Å²) in [6.07, 6.45) is 0.771. The third kappa shape index (κ3) is 3.77. The van der Waals surface area contributed by atoms with Gasteiger partial charge in [-0.25, -0.2) is 4.98 Å². The van der Waals surface area contributed by atoms with Crippen molar-refractivity contribution in [1.82, 2.24) is 4.98 Å². The lowest BCUT2D eigenvalue weighted by Crippen LogP contribution is -2.12. The summed E-state index contributed by atoms with van der Waals surface area (Å²) in [5.41, 5.74) is 2.58. The topological polar surface area (TPSA) is 91.3 Å². The van der Waals surface area contributed by atoms with Crippen molar-refractivity contribution < 1.29 is 14.7 Å². The first-order chi connectivity index (χ1) is 12.0. The van der Waals surface area contributed by atoms with Crippen LogP contribution >= 0.6 is 11.3 Å². The Hall–Kier alpha value is -2.93. The van der Waals surface area contributed by atoms with Crippen molar-refractivity contribution in [3.63, 3.8) is 0 Å². The Labute approximate surface area is 148 Å². The molecule has 1 heterocycles. The molecule has 2 aromatic carbocycles. The monoisotopic (exact) mass is 355 g/mol. The number of hydrogen-bond donors (Lipinski definition) is 3. The molecule has 7 heteroatoms. The summed E-state index contributed by atoms with van der Waals surface area (Å²) < 4.78 is 0.841. The Kier molecular flexibility index (Phi) is 4.67. The number of amides is 2. The van der Waals surface area contributed by atoms with E-state index in [9.17, 15) is 14.7 Å². The maximum Gasteiger partial charge on any atom is 0.261 e. The second-order valence-corrected chi connectivity index (χ2v) is 6.57. The van der Waals surface area contributed by atoms with E-state index in [0.717, 1.165) is 22.2 Å². The Bertz CT molecular complexity index is 965. The quantitative estimate of drug-likeness (QED) is 0.664. The third-order valence-corrected chi connectivity index (χ3v) is 4.58. The van der Waals surface area contributed by atoms with Gasteiger partial charge in [0.1, 0.15) is 5.75 Å². The SMILES string of the molecule is CCc1ccc(O)c(C(=O)Nc2nc3ccc(NC(C)=O)cc3s2)c1. The van der Waals surface area contributed by atoms with E-state index in [1.807, 2.05) is 6.92 Å². The average Bonchev–Trinajstić information content (AvgIpc) is 2.96. The van der Waals surface area contributed by atoms with Crippen molar-refractivity contribution in [2.45, 2.75) is 20.3 Å². The fourth-order valence-electron chi connectivity index (χ4n) is 2.41. The molecule has 25 heavy (non-hydrogen) atoms. The lowest BCUT2D eigenvalue weighted by atomic mass is 10.1. The van der Waals surface area contributed by atoms with Crippen molar-refractivity contribution in [3.8, 4) is 5.75 Å². The van der Waals surface area contributed by atoms with Gasteiger partial charge in [0.05, 0.1) is 15.8 Å². The number of aryl methyl sites for hydroxylation is 1. The fourth-order valence-corrected chi connectivity index (χ4v) is 3.31. The summed E-state index contributed by atoms with van der Waals surface area (Å²) in [7, 11) is 0. The molecule has 3 rings (SSSR count). The van der Waals surface area contributed by atoms with Gasteiger partial charge in [-0.05, 0) is 42.3 Å². The van der Waals surface area contributed by atoms with Crippen molar-refractivity contribution >= 4 is 44.2 Å². The molecule has 6 nitrogen and oxygen atoms in total. The van der Waals surface area contributed by atoms with Gasteiger partial charge in [0.15, 0.2) is 5.13 Å². The molecule has 0 fully saturated rings. The molecule has 0 saturated carbocycles. The van der Waals surface area contributed by atoms with E-state index in [1.165, 1.54) is 24.3 Å². The zero-order chi connectivity index (χ0) is 18.0. The number of anilines is 2. The Morgan fingerprint density at radius 1 is 1.16 bits per heavy atom. The summed E-state index contributed by atoms with van der Waals surface area (Å²) in [6.45, 7) is 3.42. The summed E-state index contributed by atoms with van der Waals surface area (Å²) in [6, 6.07) is 10.3. The number of thiazole rings is 1. The second-order valence-electron chi connectivity index (χ2n) is 5.54. The van der Waals surface area contributed by atoms with Crippen LogP contribution in [-0.2, 0) is 11.2 Å². The van der Waals surface area contributed by atoms with Crippen LogP contribution in [0, 0.1) is 0 Å². The molecule has 3 aromatic rings. The lowest BCUT2D eigenvalue weighted by Gasteiger charge is -2.06. The molecule has 2 amide bonds. The molecule has 3 N–H and O–H groups in total. The third-order valence-electron chi connectivity index (χ3n) is 3.64. The first kappa shape index (κ1) is 16.9. The molecule has 0 spiro atoms. The minimum atomic E-state index is -0.408. The van der Waals surface area contributed by atoms with Crippen LogP contribution in [0.25, 0.3) is 10.2 Å². The highest BCUT2D eigenvalue weighted by atomic mass is 32.1. The summed E-state index contributed by atoms with van der Waals surface area (Å²) in [4.78, 5) is 27.9. The molecular formula is C18H17N3O3S. The number of phenolic OH excluding ortho intramolecular Hbond substituents is 1. The number of phenols is 1. The minimum Gasteiger partial charge on any atom is -0.507 e. The molecule has 0 aliphatic rings. The van der Waals surface area contributed by atoms with Crippen LogP contribution in [0.3, 0.4) is 0 Å². The molecule has 0 unspecified atom stereocenters. The summed E-state index contributed by atoms with van der Waals surface area (Å²) in [5.74, 6) is -0.624. The van der Waals surface area contributed by atoms with Gasteiger partial charge in [-0.2, -0.15) is 0 Å². The maximum absolute atomic E-state index is 12.4. The molecule has 1 aromatic heterocycles. The van der Waals surface area contributed by atoms with E-state index in [-0.39, 0.29) is 17.2 Å². The first-order valence-electron chi connectivity index (χ1n) is 7.77. The number of carbonyl (C=O) groups is 2. The number of rotatable bonds is 4. The highest BCUT2D eigenvalue weighted by molar-refractivity contribution is 7.22. The van der Waals surface area contributed by atoms with Crippen LogP contribution in [0.1, 0.15) is 29.8 Å². The fraction of sp³-hybridized carbons (Fsp3) is 0.167. The van der Waals surface area contributed by atoms with Crippen LogP contribution < -0.4 is 10.6 Å². The largest absolute Gasteiger partial charge is 0.507 e. The van der Waals surface area contributed by atoms with Crippen molar-refractivity contribution in [3.05, 3.63) is 47.5 Å². The number of hydrogen-bond acceptors (Lipinski definition) is 5. The molecule has 128 valence electrons. The minimum absolute atomic E-state index is 0.0660. The number of carbonyl (C=O) groups excluding carboxylic acids is 2. The average molecular weight is 355 g/mol. The van der Waals surface area contributed by atoms with Crippen LogP contribution in [0.2, 0.25) is 0 Å². The van der Waals surface area contributed by atoms with E-state index in [2.05, 4.69) is 15.6 Å². The van der Waals surface area contributed by atoms with Gasteiger partial charge in [-0.15, -0.1) is 0 Å². The van der Waals surface area contributed by atoms with E-state index in [1.54, 1.807) is 30.3 Å². The van der Waals surface area contributed by atoms with Crippen molar-refractivity contribution in [2.24, 2.45) is 0 Å². The van der Waals surface area contributed by atoms with Gasteiger partial charge in [0.2, 0.25) is 5.91 Å². The maximum atomic E-state index is 12.4. The predicted octanol–water partition coefficient (Wildman–Crippen LogP) is 3.78. The van der Waals surface area contributed by atoms with Gasteiger partial charge in [0.25, 0.3) is 5.91 Å². The van der Waals surface area contributed by atoms with Crippen LogP contribution in [0.15, 0.2) is 36.4 Å². The smallest absolute Gasteiger partial charge is 0.261 e. The van der Waals surface area contributed by atoms with Gasteiger partial charge in [-0.3, -0.25) is 14.9 Å². The van der Waals surface area contributed by atoms with Gasteiger partial charge in [0, 0.05) is 12.6 Å². The van der Waals surface area contributed by atoms with Crippen molar-refractivity contribution in [2.75, 3.05) is 10.6 Å². The molecule has 0 saturated heterocycles. The van der Waals surface area contributed by atoms with E-state index < -0.39 is 5.91 Å². The highest BCUT2D eigenvalue weighted by Gasteiger charge is 2.14. The van der Waals surface area contributed by atoms with E-state index in [4.69, 9.17) is 0 Å². The molecule has 0 bridgehead atoms. The predicted molar refractivity (Wildman–Crippen MR) is 99.4 cm³/mol. The van der Waals surface area contributed by atoms with Crippen LogP contribution in [0.4, 0.5) is 10.8 Å². The highest BCUT2D eigenvalue weighted by Crippen LogP contribution is 2.29. The molecule has 0 aliphatic carbocycles. The second kappa shape index (κ2) is 6.90. The van der Waals surface area contributed by atoms with Crippen molar-refractivity contribution in [1.29, 1.82) is 0 Å². The van der Waals surface area contributed by atoms with Crippen LogP contribution in [-0.4, -0.2) is 21.9 Å². The summed E-state index contributed by atoms with van der Waals surface area (Å²) in [5, 5.41) is 15.8. The van der Waals surface area contributed by atoms with E-state index >= 15 is 0 Å². The zero-order valence-electron chi connectivity index (χ0n) is 13.8. The number of nitrogens with zero attached hydrogens (tertiary/aromatic N) is 1. The standard InChI is InChI=1S/C18H17N3O3S/c1-3-11-4-7-15(23)13(8-11)17(24)21-18-20-14-6-5-12(19-10(2)22)9-16(14)25-18/h4-9,23H,3H2,1-2H3,(H,19,22)(H,20,21,24). The molecule has 0 radical (unpaired) electrons.